The Balaban J connectivity index is 2.49. The first kappa shape index (κ1) is 13.5. The van der Waals surface area contributed by atoms with Gasteiger partial charge in [-0.25, -0.2) is 5.84 Å². The second-order valence-corrected chi connectivity index (χ2v) is 6.53. The van der Waals surface area contributed by atoms with Gasteiger partial charge in [0.05, 0.1) is 4.88 Å². The summed E-state index contributed by atoms with van der Waals surface area (Å²) in [5, 5.41) is 0.633. The molecule has 90 valence electrons. The van der Waals surface area contributed by atoms with Crippen LogP contribution in [0.25, 0.3) is 0 Å². The van der Waals surface area contributed by atoms with Crippen LogP contribution in [0.2, 0.25) is 0 Å². The highest BCUT2D eigenvalue weighted by molar-refractivity contribution is 7.99. The minimum absolute atomic E-state index is 0.210. The van der Waals surface area contributed by atoms with Crippen molar-refractivity contribution in [2.24, 2.45) is 11.8 Å². The fraction of sp³-hybridized carbons (Fsp3) is 0.545. The SMILES string of the molecule is CC(C)C(C)SCc1ccc(C(=O)NN)s1. The molecule has 1 aromatic heterocycles. The number of carbonyl (C=O) groups is 1. The predicted molar refractivity (Wildman–Crippen MR) is 71.6 cm³/mol. The van der Waals surface area contributed by atoms with Gasteiger partial charge in [-0.05, 0) is 18.1 Å². The number of hydrazine groups is 1. The van der Waals surface area contributed by atoms with Gasteiger partial charge in [-0.15, -0.1) is 11.3 Å². The molecular weight excluding hydrogens is 240 g/mol. The number of rotatable bonds is 5. The summed E-state index contributed by atoms with van der Waals surface area (Å²) in [6.07, 6.45) is 0. The van der Waals surface area contributed by atoms with E-state index in [-0.39, 0.29) is 5.91 Å². The van der Waals surface area contributed by atoms with Gasteiger partial charge in [-0.2, -0.15) is 11.8 Å². The van der Waals surface area contributed by atoms with E-state index in [1.54, 1.807) is 0 Å². The van der Waals surface area contributed by atoms with Gasteiger partial charge < -0.3 is 0 Å². The van der Waals surface area contributed by atoms with Crippen LogP contribution in [0.4, 0.5) is 0 Å². The molecule has 0 aromatic carbocycles. The summed E-state index contributed by atoms with van der Waals surface area (Å²) in [5.74, 6) is 6.50. The molecule has 0 fully saturated rings. The number of nitrogens with one attached hydrogen (secondary N) is 1. The van der Waals surface area contributed by atoms with Crippen molar-refractivity contribution in [3.63, 3.8) is 0 Å². The number of hydrogen-bond donors (Lipinski definition) is 2. The lowest BCUT2D eigenvalue weighted by Crippen LogP contribution is -2.29. The Hall–Kier alpha value is -0.520. The lowest BCUT2D eigenvalue weighted by molar-refractivity contribution is 0.0957. The van der Waals surface area contributed by atoms with Gasteiger partial charge in [0.15, 0.2) is 0 Å². The summed E-state index contributed by atoms with van der Waals surface area (Å²) in [4.78, 5) is 13.1. The smallest absolute Gasteiger partial charge is 0.275 e. The number of carbonyl (C=O) groups excluding carboxylic acids is 1. The first-order valence-electron chi connectivity index (χ1n) is 5.26. The average Bonchev–Trinajstić information content (AvgIpc) is 2.73. The molecule has 0 spiro atoms. The Morgan fingerprint density at radius 3 is 2.75 bits per heavy atom. The van der Waals surface area contributed by atoms with Crippen molar-refractivity contribution in [3.8, 4) is 0 Å². The highest BCUT2D eigenvalue weighted by Gasteiger charge is 2.10. The fourth-order valence-corrected chi connectivity index (χ4v) is 3.11. The van der Waals surface area contributed by atoms with Gasteiger partial charge in [0.2, 0.25) is 0 Å². The summed E-state index contributed by atoms with van der Waals surface area (Å²) in [7, 11) is 0. The first-order valence-corrected chi connectivity index (χ1v) is 7.12. The van der Waals surface area contributed by atoms with Crippen molar-refractivity contribution in [2.45, 2.75) is 31.8 Å². The molecular formula is C11H18N2OS2. The van der Waals surface area contributed by atoms with Crippen molar-refractivity contribution in [2.75, 3.05) is 0 Å². The van der Waals surface area contributed by atoms with Crippen molar-refractivity contribution >= 4 is 29.0 Å². The zero-order chi connectivity index (χ0) is 12.1. The quantitative estimate of drug-likeness (QED) is 0.485. The van der Waals surface area contributed by atoms with Crippen molar-refractivity contribution < 1.29 is 4.79 Å². The second kappa shape index (κ2) is 6.27. The molecule has 3 nitrogen and oxygen atoms in total. The Morgan fingerprint density at radius 1 is 1.50 bits per heavy atom. The van der Waals surface area contributed by atoms with Crippen molar-refractivity contribution in [1.29, 1.82) is 0 Å². The number of nitrogens with two attached hydrogens (primary N) is 1. The molecule has 0 saturated heterocycles. The number of thiophene rings is 1. The number of amides is 1. The second-order valence-electron chi connectivity index (χ2n) is 4.00. The maximum atomic E-state index is 11.2. The van der Waals surface area contributed by atoms with E-state index in [1.807, 2.05) is 23.9 Å². The molecule has 0 bridgehead atoms. The molecule has 0 aliphatic heterocycles. The minimum atomic E-state index is -0.210. The van der Waals surface area contributed by atoms with Crippen LogP contribution >= 0.6 is 23.1 Å². The number of nitrogen functional groups attached to an aromatic ring is 1. The molecule has 1 aromatic rings. The predicted octanol–water partition coefficient (Wildman–Crippen LogP) is 2.63. The molecule has 5 heteroatoms. The highest BCUT2D eigenvalue weighted by Crippen LogP contribution is 2.26. The standard InChI is InChI=1S/C11H18N2OS2/c1-7(2)8(3)15-6-9-4-5-10(16-9)11(14)13-12/h4-5,7-8H,6,12H2,1-3H3,(H,13,14). The third kappa shape index (κ3) is 3.81. The average molecular weight is 258 g/mol. The molecule has 0 saturated carbocycles. The van der Waals surface area contributed by atoms with E-state index in [0.717, 1.165) is 5.75 Å². The van der Waals surface area contributed by atoms with E-state index in [4.69, 9.17) is 5.84 Å². The largest absolute Gasteiger partial charge is 0.289 e. The van der Waals surface area contributed by atoms with Crippen LogP contribution in [0.15, 0.2) is 12.1 Å². The van der Waals surface area contributed by atoms with Gasteiger partial charge in [-0.1, -0.05) is 20.8 Å². The van der Waals surface area contributed by atoms with E-state index in [9.17, 15) is 4.79 Å². The molecule has 1 unspecified atom stereocenters. The lowest BCUT2D eigenvalue weighted by Gasteiger charge is -2.13. The fourth-order valence-electron chi connectivity index (χ4n) is 1.05. The number of thioether (sulfide) groups is 1. The third-order valence-electron chi connectivity index (χ3n) is 2.44. The van der Waals surface area contributed by atoms with Crippen LogP contribution in [0.3, 0.4) is 0 Å². The maximum absolute atomic E-state index is 11.2. The Kier molecular flexibility index (Phi) is 5.31. The molecule has 1 heterocycles. The monoisotopic (exact) mass is 258 g/mol. The molecule has 1 atom stereocenters. The van der Waals surface area contributed by atoms with Gasteiger partial charge in [0.1, 0.15) is 0 Å². The first-order chi connectivity index (χ1) is 7.54. The minimum Gasteiger partial charge on any atom is -0.289 e. The molecule has 1 amide bonds. The van der Waals surface area contributed by atoms with Crippen LogP contribution in [0, 0.1) is 5.92 Å². The summed E-state index contributed by atoms with van der Waals surface area (Å²) in [5.41, 5.74) is 2.14. The molecule has 0 radical (unpaired) electrons. The molecule has 0 aliphatic carbocycles. The zero-order valence-corrected chi connectivity index (χ0v) is 11.5. The Bertz CT molecular complexity index is 350. The normalized spacial score (nSPS) is 12.8. The molecule has 16 heavy (non-hydrogen) atoms. The van der Waals surface area contributed by atoms with Crippen LogP contribution in [-0.2, 0) is 5.75 Å². The zero-order valence-electron chi connectivity index (χ0n) is 9.82. The summed E-state index contributed by atoms with van der Waals surface area (Å²) in [6.45, 7) is 6.68. The maximum Gasteiger partial charge on any atom is 0.275 e. The van der Waals surface area contributed by atoms with Crippen LogP contribution in [0.1, 0.15) is 35.3 Å². The van der Waals surface area contributed by atoms with Gasteiger partial charge in [0.25, 0.3) is 5.91 Å². The summed E-state index contributed by atoms with van der Waals surface area (Å²) < 4.78 is 0. The highest BCUT2D eigenvalue weighted by atomic mass is 32.2. The van der Waals surface area contributed by atoms with Crippen LogP contribution in [0.5, 0.6) is 0 Å². The van der Waals surface area contributed by atoms with E-state index in [0.29, 0.717) is 16.0 Å². The van der Waals surface area contributed by atoms with Crippen molar-refractivity contribution in [3.05, 3.63) is 21.9 Å². The molecule has 3 N–H and O–H groups in total. The van der Waals surface area contributed by atoms with Gasteiger partial charge in [0, 0.05) is 15.9 Å². The van der Waals surface area contributed by atoms with E-state index < -0.39 is 0 Å². The third-order valence-corrected chi connectivity index (χ3v) is 5.26. The molecule has 0 aliphatic rings. The summed E-state index contributed by atoms with van der Waals surface area (Å²) >= 11 is 3.42. The van der Waals surface area contributed by atoms with Crippen LogP contribution in [-0.4, -0.2) is 11.2 Å². The Morgan fingerprint density at radius 2 is 2.19 bits per heavy atom. The molecule has 1 rings (SSSR count). The van der Waals surface area contributed by atoms with Crippen molar-refractivity contribution in [1.82, 2.24) is 5.43 Å². The van der Waals surface area contributed by atoms with Crippen LogP contribution < -0.4 is 11.3 Å². The Labute approximate surface area is 105 Å². The number of hydrogen-bond acceptors (Lipinski definition) is 4. The topological polar surface area (TPSA) is 55.1 Å². The van der Waals surface area contributed by atoms with Gasteiger partial charge >= 0.3 is 0 Å². The van der Waals surface area contributed by atoms with E-state index >= 15 is 0 Å². The van der Waals surface area contributed by atoms with E-state index in [1.165, 1.54) is 16.2 Å². The summed E-state index contributed by atoms with van der Waals surface area (Å²) in [6, 6.07) is 3.82. The van der Waals surface area contributed by atoms with E-state index in [2.05, 4.69) is 26.2 Å². The lowest BCUT2D eigenvalue weighted by atomic mass is 10.2. The van der Waals surface area contributed by atoms with Gasteiger partial charge in [-0.3, -0.25) is 10.2 Å².